The Morgan fingerprint density at radius 3 is 2.29 bits per heavy atom. The summed E-state index contributed by atoms with van der Waals surface area (Å²) in [5.74, 6) is -0.110. The minimum atomic E-state index is -0.361. The molecule has 6 heteroatoms. The molecular weight excluding hydrogens is 370 g/mol. The summed E-state index contributed by atoms with van der Waals surface area (Å²) in [5.41, 5.74) is 2.63. The van der Waals surface area contributed by atoms with E-state index in [1.165, 1.54) is 11.3 Å². The van der Waals surface area contributed by atoms with Gasteiger partial charge >= 0.3 is 0 Å². The molecule has 0 saturated carbocycles. The van der Waals surface area contributed by atoms with E-state index in [2.05, 4.69) is 10.6 Å². The lowest BCUT2D eigenvalue weighted by molar-refractivity contribution is -0.130. The van der Waals surface area contributed by atoms with Crippen LogP contribution in [-0.4, -0.2) is 29.8 Å². The molecule has 0 spiro atoms. The molecule has 144 valence electrons. The van der Waals surface area contributed by atoms with Crippen molar-refractivity contribution in [2.24, 2.45) is 0 Å². The highest BCUT2D eigenvalue weighted by Gasteiger charge is 2.17. The maximum atomic E-state index is 12.6. The van der Waals surface area contributed by atoms with Crippen LogP contribution in [0, 0.1) is 0 Å². The molecule has 0 radical (unpaired) electrons. The van der Waals surface area contributed by atoms with Gasteiger partial charge in [0, 0.05) is 25.0 Å². The van der Waals surface area contributed by atoms with E-state index in [-0.39, 0.29) is 17.9 Å². The third-order valence-corrected chi connectivity index (χ3v) is 5.15. The molecule has 0 aliphatic rings. The number of nitrogens with zero attached hydrogens (tertiary/aromatic N) is 1. The van der Waals surface area contributed by atoms with Gasteiger partial charge in [-0.15, -0.1) is 11.3 Å². The normalized spacial score (nSPS) is 11.5. The van der Waals surface area contributed by atoms with Crippen molar-refractivity contribution in [3.63, 3.8) is 0 Å². The number of anilines is 2. The smallest absolute Gasteiger partial charge is 0.265 e. The van der Waals surface area contributed by atoms with Crippen LogP contribution in [0.5, 0.6) is 0 Å². The second-order valence-electron chi connectivity index (χ2n) is 6.55. The van der Waals surface area contributed by atoms with Gasteiger partial charge in [-0.2, -0.15) is 0 Å². The molecule has 0 fully saturated rings. The molecule has 1 heterocycles. The molecule has 1 atom stereocenters. The fourth-order valence-electron chi connectivity index (χ4n) is 2.83. The van der Waals surface area contributed by atoms with Crippen LogP contribution >= 0.6 is 11.3 Å². The van der Waals surface area contributed by atoms with Crippen LogP contribution in [0.15, 0.2) is 72.1 Å². The van der Waals surface area contributed by atoms with E-state index < -0.39 is 0 Å². The van der Waals surface area contributed by atoms with E-state index in [9.17, 15) is 9.59 Å². The molecule has 2 amide bonds. The van der Waals surface area contributed by atoms with Crippen LogP contribution in [0.1, 0.15) is 22.2 Å². The first kappa shape index (κ1) is 19.6. The third kappa shape index (κ3) is 5.20. The number of thiophene rings is 1. The number of benzene rings is 2. The second kappa shape index (κ2) is 9.19. The molecule has 1 unspecified atom stereocenters. The molecule has 0 aliphatic heterocycles. The lowest BCUT2D eigenvalue weighted by Gasteiger charge is -2.23. The Bertz CT molecular complexity index is 909. The Kier molecular flexibility index (Phi) is 6.45. The van der Waals surface area contributed by atoms with Gasteiger partial charge in [0.15, 0.2) is 0 Å². The molecule has 2 N–H and O–H groups in total. The SMILES string of the molecule is CC(Nc1ccc(NC(=O)c2cccs2)cc1)C(=O)N(C)Cc1ccccc1. The van der Waals surface area contributed by atoms with E-state index in [0.717, 1.165) is 11.3 Å². The lowest BCUT2D eigenvalue weighted by atomic mass is 10.2. The third-order valence-electron chi connectivity index (χ3n) is 4.28. The van der Waals surface area contributed by atoms with Crippen molar-refractivity contribution < 1.29 is 9.59 Å². The summed E-state index contributed by atoms with van der Waals surface area (Å²) in [5, 5.41) is 7.95. The summed E-state index contributed by atoms with van der Waals surface area (Å²) in [6.45, 7) is 2.41. The fourth-order valence-corrected chi connectivity index (χ4v) is 3.45. The van der Waals surface area contributed by atoms with Gasteiger partial charge in [0.25, 0.3) is 5.91 Å². The van der Waals surface area contributed by atoms with Gasteiger partial charge in [0.1, 0.15) is 6.04 Å². The predicted molar refractivity (Wildman–Crippen MR) is 115 cm³/mol. The topological polar surface area (TPSA) is 61.4 Å². The average molecular weight is 394 g/mol. The first-order valence-corrected chi connectivity index (χ1v) is 9.91. The van der Waals surface area contributed by atoms with Gasteiger partial charge in [-0.05, 0) is 48.2 Å². The first-order valence-electron chi connectivity index (χ1n) is 9.03. The molecule has 0 bridgehead atoms. The van der Waals surface area contributed by atoms with Crippen molar-refractivity contribution in [1.82, 2.24) is 4.90 Å². The highest BCUT2D eigenvalue weighted by atomic mass is 32.1. The number of hydrogen-bond acceptors (Lipinski definition) is 4. The number of nitrogens with one attached hydrogen (secondary N) is 2. The Morgan fingerprint density at radius 2 is 1.64 bits per heavy atom. The molecular formula is C22H23N3O2S. The molecule has 1 aromatic heterocycles. The molecule has 3 rings (SSSR count). The molecule has 0 saturated heterocycles. The van der Waals surface area contributed by atoms with Crippen molar-refractivity contribution in [2.45, 2.75) is 19.5 Å². The van der Waals surface area contributed by atoms with Crippen molar-refractivity contribution in [1.29, 1.82) is 0 Å². The van der Waals surface area contributed by atoms with E-state index in [1.807, 2.05) is 73.0 Å². The van der Waals surface area contributed by atoms with Crippen LogP contribution < -0.4 is 10.6 Å². The highest BCUT2D eigenvalue weighted by molar-refractivity contribution is 7.12. The summed E-state index contributed by atoms with van der Waals surface area (Å²) < 4.78 is 0. The summed E-state index contributed by atoms with van der Waals surface area (Å²) in [6, 6.07) is 20.5. The highest BCUT2D eigenvalue weighted by Crippen LogP contribution is 2.17. The lowest BCUT2D eigenvalue weighted by Crippen LogP contribution is -2.38. The number of amides is 2. The molecule has 28 heavy (non-hydrogen) atoms. The molecule has 0 aliphatic carbocycles. The van der Waals surface area contributed by atoms with Crippen LogP contribution in [-0.2, 0) is 11.3 Å². The Morgan fingerprint density at radius 1 is 0.964 bits per heavy atom. The van der Waals surface area contributed by atoms with Gasteiger partial charge < -0.3 is 15.5 Å². The zero-order valence-corrected chi connectivity index (χ0v) is 16.7. The van der Waals surface area contributed by atoms with Crippen LogP contribution in [0.4, 0.5) is 11.4 Å². The summed E-state index contributed by atoms with van der Waals surface area (Å²) >= 11 is 1.40. The maximum Gasteiger partial charge on any atom is 0.265 e. The standard InChI is InChI=1S/C22H23N3O2S/c1-16(22(27)25(2)15-17-7-4-3-5-8-17)23-18-10-12-19(13-11-18)24-21(26)20-9-6-14-28-20/h3-14,16,23H,15H2,1-2H3,(H,24,26). The molecule has 2 aromatic carbocycles. The van der Waals surface area contributed by atoms with Crippen LogP contribution in [0.25, 0.3) is 0 Å². The van der Waals surface area contributed by atoms with Gasteiger partial charge in [0.05, 0.1) is 4.88 Å². The predicted octanol–water partition coefficient (Wildman–Crippen LogP) is 4.46. The Hall–Kier alpha value is -3.12. The van der Waals surface area contributed by atoms with E-state index in [4.69, 9.17) is 0 Å². The number of likely N-dealkylation sites (N-methyl/N-ethyl adjacent to an activating group) is 1. The van der Waals surface area contributed by atoms with E-state index in [1.54, 1.807) is 18.0 Å². The molecule has 3 aromatic rings. The van der Waals surface area contributed by atoms with Crippen molar-refractivity contribution in [3.8, 4) is 0 Å². The number of hydrogen-bond donors (Lipinski definition) is 2. The quantitative estimate of drug-likeness (QED) is 0.623. The van der Waals surface area contributed by atoms with Crippen LogP contribution in [0.2, 0.25) is 0 Å². The van der Waals surface area contributed by atoms with Crippen molar-refractivity contribution in [2.75, 3.05) is 17.7 Å². The van der Waals surface area contributed by atoms with E-state index in [0.29, 0.717) is 17.1 Å². The van der Waals surface area contributed by atoms with Crippen molar-refractivity contribution in [3.05, 3.63) is 82.6 Å². The largest absolute Gasteiger partial charge is 0.374 e. The van der Waals surface area contributed by atoms with E-state index >= 15 is 0 Å². The van der Waals surface area contributed by atoms with Crippen molar-refractivity contribution >= 4 is 34.5 Å². The number of carbonyl (C=O) groups is 2. The van der Waals surface area contributed by atoms with Crippen LogP contribution in [0.3, 0.4) is 0 Å². The minimum absolute atomic E-state index is 0.0129. The fraction of sp³-hybridized carbons (Fsp3) is 0.182. The molecule has 5 nitrogen and oxygen atoms in total. The van der Waals surface area contributed by atoms with Gasteiger partial charge in [-0.3, -0.25) is 9.59 Å². The number of carbonyl (C=O) groups excluding carboxylic acids is 2. The first-order chi connectivity index (χ1) is 13.5. The Labute approximate surface area is 169 Å². The second-order valence-corrected chi connectivity index (χ2v) is 7.50. The zero-order valence-electron chi connectivity index (χ0n) is 15.9. The van der Waals surface area contributed by atoms with Gasteiger partial charge in [-0.25, -0.2) is 0 Å². The Balaban J connectivity index is 1.54. The maximum absolute atomic E-state index is 12.6. The van der Waals surface area contributed by atoms with Gasteiger partial charge in [-0.1, -0.05) is 36.4 Å². The van der Waals surface area contributed by atoms with Gasteiger partial charge in [0.2, 0.25) is 5.91 Å². The summed E-state index contributed by atoms with van der Waals surface area (Å²) in [7, 11) is 1.80. The average Bonchev–Trinajstić information content (AvgIpc) is 3.24. The summed E-state index contributed by atoms with van der Waals surface area (Å²) in [4.78, 5) is 27.1. The monoisotopic (exact) mass is 393 g/mol. The minimum Gasteiger partial charge on any atom is -0.374 e. The number of rotatable bonds is 7. The zero-order chi connectivity index (χ0) is 19.9. The summed E-state index contributed by atoms with van der Waals surface area (Å²) in [6.07, 6.45) is 0.